The maximum Gasteiger partial charge on any atom is 0.164 e. The smallest absolute Gasteiger partial charge is 0.164 e. The first kappa shape index (κ1) is 30.6. The lowest BCUT2D eigenvalue weighted by Crippen LogP contribution is -2.00. The second-order valence-electron chi connectivity index (χ2n) is 13.3. The van der Waals surface area contributed by atoms with Crippen LogP contribution in [0.2, 0.25) is 0 Å². The van der Waals surface area contributed by atoms with E-state index in [2.05, 4.69) is 138 Å². The Morgan fingerprint density at radius 3 is 1.36 bits per heavy atom. The molecule has 53 heavy (non-hydrogen) atoms. The van der Waals surface area contributed by atoms with Crippen molar-refractivity contribution < 1.29 is 0 Å². The largest absolute Gasteiger partial charge is 0.309 e. The molecule has 2 aromatic heterocycles. The van der Waals surface area contributed by atoms with Gasteiger partial charge in [0, 0.05) is 33.2 Å². The molecule has 0 aliphatic heterocycles. The first-order valence-electron chi connectivity index (χ1n) is 17.9. The van der Waals surface area contributed by atoms with Crippen molar-refractivity contribution in [3.05, 3.63) is 194 Å². The van der Waals surface area contributed by atoms with E-state index < -0.39 is 0 Å². The fourth-order valence-corrected chi connectivity index (χ4v) is 7.44. The van der Waals surface area contributed by atoms with Crippen LogP contribution in [0, 0.1) is 0 Å². The van der Waals surface area contributed by atoms with Gasteiger partial charge in [0.1, 0.15) is 0 Å². The molecule has 0 saturated heterocycles. The van der Waals surface area contributed by atoms with Gasteiger partial charge in [-0.3, -0.25) is 0 Å². The molecule has 0 atom stereocenters. The Kier molecular flexibility index (Phi) is 7.43. The molecule has 10 aromatic rings. The Balaban J connectivity index is 1.00. The maximum atomic E-state index is 4.93. The van der Waals surface area contributed by atoms with Crippen LogP contribution >= 0.6 is 0 Å². The Morgan fingerprint density at radius 2 is 0.774 bits per heavy atom. The van der Waals surface area contributed by atoms with E-state index in [1.54, 1.807) is 0 Å². The number of hydrogen-bond donors (Lipinski definition) is 0. The molecule has 0 N–H and O–H groups in total. The quantitative estimate of drug-likeness (QED) is 0.176. The third-order valence-corrected chi connectivity index (χ3v) is 10.1. The zero-order chi connectivity index (χ0) is 35.1. The molecular formula is C49H32N4. The van der Waals surface area contributed by atoms with Crippen LogP contribution in [0.15, 0.2) is 194 Å². The molecule has 0 spiro atoms. The van der Waals surface area contributed by atoms with Crippen molar-refractivity contribution in [1.82, 2.24) is 19.5 Å². The van der Waals surface area contributed by atoms with Gasteiger partial charge in [-0.15, -0.1) is 0 Å². The highest BCUT2D eigenvalue weighted by atomic mass is 15.0. The van der Waals surface area contributed by atoms with Crippen LogP contribution in [0.25, 0.3) is 94.7 Å². The number of para-hydroxylation sites is 2. The van der Waals surface area contributed by atoms with Crippen LogP contribution in [0.3, 0.4) is 0 Å². The summed E-state index contributed by atoms with van der Waals surface area (Å²) in [6.07, 6.45) is 0. The lowest BCUT2D eigenvalue weighted by atomic mass is 9.94. The molecule has 4 nitrogen and oxygen atoms in total. The second kappa shape index (κ2) is 12.9. The van der Waals surface area contributed by atoms with E-state index in [0.717, 1.165) is 27.9 Å². The minimum atomic E-state index is 0.647. The SMILES string of the molecule is c1ccc(-c2nc(-c3ccccc3)nc(-c3ccc(-c4cccc5ccc(-c6ccc(-n7c8ccccc8c8ccccc87)cc6)cc45)cc3)n2)cc1. The highest BCUT2D eigenvalue weighted by Gasteiger charge is 2.14. The van der Waals surface area contributed by atoms with Crippen LogP contribution in [0.1, 0.15) is 0 Å². The van der Waals surface area contributed by atoms with Gasteiger partial charge in [-0.1, -0.05) is 164 Å². The first-order chi connectivity index (χ1) is 26.3. The Morgan fingerprint density at radius 1 is 0.302 bits per heavy atom. The van der Waals surface area contributed by atoms with E-state index in [1.165, 1.54) is 49.3 Å². The van der Waals surface area contributed by atoms with Gasteiger partial charge in [0.15, 0.2) is 17.5 Å². The van der Waals surface area contributed by atoms with Gasteiger partial charge in [0.05, 0.1) is 11.0 Å². The Hall–Kier alpha value is -7.17. The standard InChI is InChI=1S/C49H32N4/c1-3-12-36(13-4-1)47-50-48(37-14-5-2-6-15-37)52-49(51-47)38-25-22-35(23-26-38)41-19-11-16-34-24-27-39(32-44(34)41)33-28-30-40(31-29-33)53-45-20-9-7-17-42(45)43-18-8-10-21-46(43)53/h1-32H. The monoisotopic (exact) mass is 676 g/mol. The Labute approximate surface area is 307 Å². The zero-order valence-corrected chi connectivity index (χ0v) is 28.8. The van der Waals surface area contributed by atoms with E-state index in [-0.39, 0.29) is 0 Å². The van der Waals surface area contributed by atoms with E-state index in [0.29, 0.717) is 17.5 Å². The summed E-state index contributed by atoms with van der Waals surface area (Å²) in [5.41, 5.74) is 11.1. The number of benzene rings is 8. The molecule has 0 bridgehead atoms. The number of fused-ring (bicyclic) bond motifs is 4. The van der Waals surface area contributed by atoms with Crippen molar-refractivity contribution in [2.45, 2.75) is 0 Å². The van der Waals surface area contributed by atoms with Crippen LogP contribution < -0.4 is 0 Å². The predicted octanol–water partition coefficient (Wildman–Crippen LogP) is 12.5. The summed E-state index contributed by atoms with van der Waals surface area (Å²) in [5.74, 6) is 1.96. The fourth-order valence-electron chi connectivity index (χ4n) is 7.44. The topological polar surface area (TPSA) is 43.6 Å². The zero-order valence-electron chi connectivity index (χ0n) is 28.8. The van der Waals surface area contributed by atoms with Gasteiger partial charge in [-0.25, -0.2) is 15.0 Å². The third kappa shape index (κ3) is 5.54. The van der Waals surface area contributed by atoms with Crippen LogP contribution in [0.5, 0.6) is 0 Å². The highest BCUT2D eigenvalue weighted by molar-refractivity contribution is 6.09. The molecule has 0 aliphatic carbocycles. The normalized spacial score (nSPS) is 11.4. The van der Waals surface area contributed by atoms with Gasteiger partial charge in [0.25, 0.3) is 0 Å². The molecule has 4 heteroatoms. The van der Waals surface area contributed by atoms with Crippen molar-refractivity contribution in [2.75, 3.05) is 0 Å². The molecule has 8 aromatic carbocycles. The molecular weight excluding hydrogens is 645 g/mol. The third-order valence-electron chi connectivity index (χ3n) is 10.1. The van der Waals surface area contributed by atoms with Gasteiger partial charge >= 0.3 is 0 Å². The molecule has 2 heterocycles. The molecule has 0 saturated carbocycles. The highest BCUT2D eigenvalue weighted by Crippen LogP contribution is 2.36. The average Bonchev–Trinajstić information content (AvgIpc) is 3.58. The lowest BCUT2D eigenvalue weighted by molar-refractivity contribution is 1.07. The summed E-state index contributed by atoms with van der Waals surface area (Å²) in [4.78, 5) is 14.7. The van der Waals surface area contributed by atoms with Gasteiger partial charge in [0.2, 0.25) is 0 Å². The molecule has 0 amide bonds. The van der Waals surface area contributed by atoms with E-state index in [9.17, 15) is 0 Å². The summed E-state index contributed by atoms with van der Waals surface area (Å²) in [6.45, 7) is 0. The summed E-state index contributed by atoms with van der Waals surface area (Å²) in [5, 5.41) is 4.95. The van der Waals surface area contributed by atoms with Crippen molar-refractivity contribution in [1.29, 1.82) is 0 Å². The minimum Gasteiger partial charge on any atom is -0.309 e. The van der Waals surface area contributed by atoms with Crippen molar-refractivity contribution in [3.8, 4) is 62.1 Å². The summed E-state index contributed by atoms with van der Waals surface area (Å²) in [7, 11) is 0. The van der Waals surface area contributed by atoms with E-state index >= 15 is 0 Å². The fraction of sp³-hybridized carbons (Fsp3) is 0. The number of aromatic nitrogens is 4. The van der Waals surface area contributed by atoms with Crippen molar-refractivity contribution in [2.24, 2.45) is 0 Å². The molecule has 0 radical (unpaired) electrons. The molecule has 0 fully saturated rings. The van der Waals surface area contributed by atoms with Gasteiger partial charge in [-0.2, -0.15) is 0 Å². The van der Waals surface area contributed by atoms with Crippen LogP contribution in [-0.4, -0.2) is 19.5 Å². The molecule has 10 rings (SSSR count). The minimum absolute atomic E-state index is 0.647. The number of hydrogen-bond acceptors (Lipinski definition) is 3. The van der Waals surface area contributed by atoms with Gasteiger partial charge < -0.3 is 4.57 Å². The average molecular weight is 677 g/mol. The number of rotatable bonds is 6. The first-order valence-corrected chi connectivity index (χ1v) is 17.9. The summed E-state index contributed by atoms with van der Waals surface area (Å²) >= 11 is 0. The second-order valence-corrected chi connectivity index (χ2v) is 13.3. The number of nitrogens with zero attached hydrogens (tertiary/aromatic N) is 4. The molecule has 0 aliphatic rings. The summed E-state index contributed by atoms with van der Waals surface area (Å²) < 4.78 is 2.36. The van der Waals surface area contributed by atoms with Crippen LogP contribution in [0.4, 0.5) is 0 Å². The van der Waals surface area contributed by atoms with E-state index in [1.807, 2.05) is 60.7 Å². The maximum absolute atomic E-state index is 4.93. The van der Waals surface area contributed by atoms with Gasteiger partial charge in [-0.05, 0) is 63.4 Å². The van der Waals surface area contributed by atoms with Crippen molar-refractivity contribution >= 4 is 32.6 Å². The molecule has 0 unspecified atom stereocenters. The summed E-state index contributed by atoms with van der Waals surface area (Å²) in [6, 6.07) is 68.2. The van der Waals surface area contributed by atoms with Crippen LogP contribution in [-0.2, 0) is 0 Å². The molecule has 248 valence electrons. The lowest BCUT2D eigenvalue weighted by Gasteiger charge is -2.12. The Bertz CT molecular complexity index is 2800. The van der Waals surface area contributed by atoms with E-state index in [4.69, 9.17) is 15.0 Å². The van der Waals surface area contributed by atoms with Crippen molar-refractivity contribution in [3.63, 3.8) is 0 Å². The predicted molar refractivity (Wildman–Crippen MR) is 219 cm³/mol.